The molecule has 0 bridgehead atoms. The van der Waals surface area contributed by atoms with Crippen molar-refractivity contribution in [2.45, 2.75) is 12.5 Å². The summed E-state index contributed by atoms with van der Waals surface area (Å²) in [6, 6.07) is 5.27. The highest BCUT2D eigenvalue weighted by atomic mass is 19.3. The van der Waals surface area contributed by atoms with Crippen LogP contribution in [0, 0.1) is 5.82 Å². The van der Waals surface area contributed by atoms with Crippen LogP contribution in [-0.2, 0) is 0 Å². The number of hydrogen-bond acceptors (Lipinski definition) is 2. The van der Waals surface area contributed by atoms with Gasteiger partial charge in [-0.2, -0.15) is 0 Å². The summed E-state index contributed by atoms with van der Waals surface area (Å²) in [5.74, 6) is -0.397. The van der Waals surface area contributed by atoms with E-state index in [2.05, 4.69) is 5.32 Å². The number of aliphatic hydroxyl groups is 1. The van der Waals surface area contributed by atoms with E-state index in [0.29, 0.717) is 5.56 Å². The van der Waals surface area contributed by atoms with Gasteiger partial charge < -0.3 is 10.4 Å². The van der Waals surface area contributed by atoms with Crippen LogP contribution in [0.2, 0.25) is 0 Å². The van der Waals surface area contributed by atoms with Crippen molar-refractivity contribution >= 4 is 0 Å². The molecule has 0 aliphatic heterocycles. The molecule has 0 heterocycles. The van der Waals surface area contributed by atoms with E-state index in [9.17, 15) is 18.3 Å². The van der Waals surface area contributed by atoms with Gasteiger partial charge in [-0.1, -0.05) is 12.1 Å². The van der Waals surface area contributed by atoms with Crippen LogP contribution in [0.5, 0.6) is 0 Å². The summed E-state index contributed by atoms with van der Waals surface area (Å²) < 4.78 is 36.0. The van der Waals surface area contributed by atoms with E-state index < -0.39 is 24.9 Å². The Labute approximate surface area is 85.7 Å². The highest BCUT2D eigenvalue weighted by Gasteiger charge is 2.08. The number of halogens is 3. The van der Waals surface area contributed by atoms with Crippen LogP contribution in [-0.4, -0.2) is 24.6 Å². The molecule has 0 aliphatic carbocycles. The lowest BCUT2D eigenvalue weighted by Crippen LogP contribution is -2.26. The van der Waals surface area contributed by atoms with E-state index >= 15 is 0 Å². The van der Waals surface area contributed by atoms with Crippen LogP contribution >= 0.6 is 0 Å². The molecule has 2 nitrogen and oxygen atoms in total. The van der Waals surface area contributed by atoms with E-state index in [4.69, 9.17) is 0 Å². The molecule has 1 rings (SSSR count). The maximum absolute atomic E-state index is 12.5. The highest BCUT2D eigenvalue weighted by Crippen LogP contribution is 2.12. The van der Waals surface area contributed by atoms with Crippen molar-refractivity contribution in [1.82, 2.24) is 5.32 Å². The predicted molar refractivity (Wildman–Crippen MR) is 50.2 cm³/mol. The molecule has 0 saturated heterocycles. The molecular formula is C10H12F3NO. The molecule has 0 aromatic heterocycles. The first-order valence-corrected chi connectivity index (χ1v) is 4.52. The largest absolute Gasteiger partial charge is 0.387 e. The van der Waals surface area contributed by atoms with Crippen LogP contribution < -0.4 is 5.32 Å². The summed E-state index contributed by atoms with van der Waals surface area (Å²) >= 11 is 0. The first-order chi connectivity index (χ1) is 7.09. The van der Waals surface area contributed by atoms with Crippen LogP contribution in [0.25, 0.3) is 0 Å². The SMILES string of the molecule is OC(CNCC(F)F)c1ccc(F)cc1. The van der Waals surface area contributed by atoms with Crippen LogP contribution in [0.1, 0.15) is 11.7 Å². The van der Waals surface area contributed by atoms with Gasteiger partial charge in [0.2, 0.25) is 0 Å². The average Bonchev–Trinajstić information content (AvgIpc) is 2.18. The third kappa shape index (κ3) is 4.31. The quantitative estimate of drug-likeness (QED) is 0.790. The minimum absolute atomic E-state index is 0.0238. The van der Waals surface area contributed by atoms with E-state index in [1.165, 1.54) is 24.3 Å². The van der Waals surface area contributed by atoms with E-state index in [1.54, 1.807) is 0 Å². The Hall–Kier alpha value is -1.07. The van der Waals surface area contributed by atoms with Crippen molar-refractivity contribution in [3.05, 3.63) is 35.6 Å². The molecule has 0 spiro atoms. The monoisotopic (exact) mass is 219 g/mol. The van der Waals surface area contributed by atoms with Crippen molar-refractivity contribution in [2.24, 2.45) is 0 Å². The molecule has 15 heavy (non-hydrogen) atoms. The number of benzene rings is 1. The normalized spacial score (nSPS) is 13.1. The summed E-state index contributed by atoms with van der Waals surface area (Å²) in [6.45, 7) is -0.436. The van der Waals surface area contributed by atoms with Crippen LogP contribution in [0.4, 0.5) is 13.2 Å². The van der Waals surface area contributed by atoms with Gasteiger partial charge in [-0.3, -0.25) is 0 Å². The smallest absolute Gasteiger partial charge is 0.250 e. The number of rotatable bonds is 5. The van der Waals surface area contributed by atoms with Crippen molar-refractivity contribution in [1.29, 1.82) is 0 Å². The lowest BCUT2D eigenvalue weighted by atomic mass is 10.1. The topological polar surface area (TPSA) is 32.3 Å². The molecule has 0 aliphatic rings. The fourth-order valence-electron chi connectivity index (χ4n) is 1.13. The predicted octanol–water partition coefficient (Wildman–Crippen LogP) is 1.71. The van der Waals surface area contributed by atoms with Gasteiger partial charge in [-0.25, -0.2) is 13.2 Å². The molecular weight excluding hydrogens is 207 g/mol. The Morgan fingerprint density at radius 3 is 2.27 bits per heavy atom. The standard InChI is InChI=1S/C10H12F3NO/c11-8-3-1-7(2-4-8)9(15)5-14-6-10(12)13/h1-4,9-10,14-15H,5-6H2. The lowest BCUT2D eigenvalue weighted by Gasteiger charge is -2.11. The first kappa shape index (κ1) is 12.0. The molecule has 0 saturated carbocycles. The number of nitrogens with one attached hydrogen (secondary N) is 1. The second kappa shape index (κ2) is 5.72. The number of aliphatic hydroxyl groups excluding tert-OH is 1. The molecule has 1 atom stereocenters. The van der Waals surface area contributed by atoms with Crippen molar-refractivity contribution in [3.63, 3.8) is 0 Å². The summed E-state index contributed by atoms with van der Waals surface area (Å²) in [4.78, 5) is 0. The zero-order valence-electron chi connectivity index (χ0n) is 7.96. The molecule has 0 radical (unpaired) electrons. The Balaban J connectivity index is 2.40. The maximum atomic E-state index is 12.5. The van der Waals surface area contributed by atoms with E-state index in [1.807, 2.05) is 0 Å². The van der Waals surface area contributed by atoms with Gasteiger partial charge >= 0.3 is 0 Å². The molecule has 1 aromatic carbocycles. The highest BCUT2D eigenvalue weighted by molar-refractivity contribution is 5.18. The zero-order valence-corrected chi connectivity index (χ0v) is 7.96. The maximum Gasteiger partial charge on any atom is 0.250 e. The van der Waals surface area contributed by atoms with Gasteiger partial charge in [-0.05, 0) is 17.7 Å². The fourth-order valence-corrected chi connectivity index (χ4v) is 1.13. The molecule has 1 unspecified atom stereocenters. The van der Waals surface area contributed by atoms with Crippen LogP contribution in [0.15, 0.2) is 24.3 Å². The minimum atomic E-state index is -2.44. The van der Waals surface area contributed by atoms with E-state index in [0.717, 1.165) is 0 Å². The molecule has 0 fully saturated rings. The van der Waals surface area contributed by atoms with Crippen molar-refractivity contribution < 1.29 is 18.3 Å². The second-order valence-corrected chi connectivity index (χ2v) is 3.12. The third-order valence-electron chi connectivity index (χ3n) is 1.89. The minimum Gasteiger partial charge on any atom is -0.387 e. The van der Waals surface area contributed by atoms with Crippen molar-refractivity contribution in [3.8, 4) is 0 Å². The molecule has 1 aromatic rings. The number of hydrogen-bond donors (Lipinski definition) is 2. The molecule has 2 N–H and O–H groups in total. The van der Waals surface area contributed by atoms with Crippen molar-refractivity contribution in [2.75, 3.05) is 13.1 Å². The lowest BCUT2D eigenvalue weighted by molar-refractivity contribution is 0.129. The Kier molecular flexibility index (Phi) is 4.58. The van der Waals surface area contributed by atoms with Gasteiger partial charge in [-0.15, -0.1) is 0 Å². The summed E-state index contributed by atoms with van der Waals surface area (Å²) in [6.07, 6.45) is -3.34. The van der Waals surface area contributed by atoms with Gasteiger partial charge in [0.25, 0.3) is 6.43 Å². The first-order valence-electron chi connectivity index (χ1n) is 4.52. The second-order valence-electron chi connectivity index (χ2n) is 3.12. The van der Waals surface area contributed by atoms with Gasteiger partial charge in [0.1, 0.15) is 5.82 Å². The Bertz CT molecular complexity index is 289. The van der Waals surface area contributed by atoms with Gasteiger partial charge in [0.05, 0.1) is 12.6 Å². The van der Waals surface area contributed by atoms with Crippen LogP contribution in [0.3, 0.4) is 0 Å². The Morgan fingerprint density at radius 2 is 1.73 bits per heavy atom. The molecule has 0 amide bonds. The fraction of sp³-hybridized carbons (Fsp3) is 0.400. The molecule has 5 heteroatoms. The summed E-state index contributed by atoms with van der Waals surface area (Å²) in [5, 5.41) is 11.9. The van der Waals surface area contributed by atoms with Gasteiger partial charge in [0, 0.05) is 6.54 Å². The third-order valence-corrected chi connectivity index (χ3v) is 1.89. The van der Waals surface area contributed by atoms with E-state index in [-0.39, 0.29) is 6.54 Å². The number of alkyl halides is 2. The zero-order chi connectivity index (χ0) is 11.3. The molecule has 84 valence electrons. The average molecular weight is 219 g/mol. The summed E-state index contributed by atoms with van der Waals surface area (Å²) in [7, 11) is 0. The van der Waals surface area contributed by atoms with Gasteiger partial charge in [0.15, 0.2) is 0 Å². The summed E-state index contributed by atoms with van der Waals surface area (Å²) in [5.41, 5.74) is 0.498. The Morgan fingerprint density at radius 1 is 1.13 bits per heavy atom.